The van der Waals surface area contributed by atoms with Gasteiger partial charge in [-0.15, -0.1) is 6.58 Å². The van der Waals surface area contributed by atoms with Crippen molar-refractivity contribution in [2.45, 2.75) is 57.1 Å². The smallest absolute Gasteiger partial charge is 0.407 e. The Balaban J connectivity index is 1.68. The molecule has 0 aromatic carbocycles. The number of H-pyrrole nitrogens is 1. The molecule has 14 nitrogen and oxygen atoms in total. The third-order valence-corrected chi connectivity index (χ3v) is 5.55. The topological polar surface area (TPSA) is 191 Å². The number of hydrogen-bond acceptors (Lipinski definition) is 10. The third kappa shape index (κ3) is 4.32. The van der Waals surface area contributed by atoms with Gasteiger partial charge in [-0.2, -0.15) is 4.98 Å². The van der Waals surface area contributed by atoms with Gasteiger partial charge in [0.2, 0.25) is 5.95 Å². The highest BCUT2D eigenvalue weighted by atomic mass is 16.8. The van der Waals surface area contributed by atoms with Gasteiger partial charge in [0.25, 0.3) is 5.56 Å². The lowest BCUT2D eigenvalue weighted by Gasteiger charge is -2.24. The van der Waals surface area contributed by atoms with Crippen LogP contribution in [0.3, 0.4) is 0 Å². The lowest BCUT2D eigenvalue weighted by Crippen LogP contribution is -2.40. The fourth-order valence-corrected chi connectivity index (χ4v) is 4.24. The van der Waals surface area contributed by atoms with Crippen molar-refractivity contribution >= 4 is 23.2 Å². The third-order valence-electron chi connectivity index (χ3n) is 5.55. The number of ether oxygens (including phenoxy) is 4. The number of alkyl carbamates (subject to hydrolysis) is 1. The van der Waals surface area contributed by atoms with Gasteiger partial charge in [0.1, 0.15) is 18.3 Å². The van der Waals surface area contributed by atoms with E-state index in [1.807, 2.05) is 0 Å². The summed E-state index contributed by atoms with van der Waals surface area (Å²) in [5, 5.41) is 2.63. The number of aromatic nitrogens is 4. The van der Waals surface area contributed by atoms with E-state index in [-0.39, 0.29) is 36.8 Å². The number of aromatic amines is 1. The van der Waals surface area contributed by atoms with Gasteiger partial charge in [0.15, 0.2) is 23.2 Å². The second kappa shape index (κ2) is 9.21. The summed E-state index contributed by atoms with van der Waals surface area (Å²) in [6.07, 6.45) is -1.62. The Kier molecular flexibility index (Phi) is 6.49. The fraction of sp³-hybridized carbons (Fsp3) is 0.600. The number of nitrogen functional groups attached to an aromatic ring is 1. The Morgan fingerprint density at radius 1 is 1.35 bits per heavy atom. The zero-order valence-electron chi connectivity index (χ0n) is 19.0. The van der Waals surface area contributed by atoms with Gasteiger partial charge in [-0.25, -0.2) is 14.2 Å². The molecule has 0 saturated carbocycles. The molecule has 2 fully saturated rings. The number of amides is 1. The number of carbonyl (C=O) groups excluding carboxylic acids is 1. The molecule has 6 N–H and O–H groups in total. The summed E-state index contributed by atoms with van der Waals surface area (Å²) in [7, 11) is 0. The monoisotopic (exact) mass is 479 g/mol. The molecule has 4 heterocycles. The number of nitrogens with two attached hydrogens (primary N) is 2. The predicted octanol–water partition coefficient (Wildman–Crippen LogP) is -0.853. The Bertz CT molecular complexity index is 1200. The Hall–Kier alpha value is -3.20. The van der Waals surface area contributed by atoms with Crippen molar-refractivity contribution in [1.29, 1.82) is 0 Å². The summed E-state index contributed by atoms with van der Waals surface area (Å²) in [5.74, 6) is -1.12. The highest BCUT2D eigenvalue weighted by Gasteiger charge is 2.56. The molecule has 2 aliphatic rings. The van der Waals surface area contributed by atoms with Gasteiger partial charge >= 0.3 is 11.8 Å². The molecule has 0 spiro atoms. The molecule has 34 heavy (non-hydrogen) atoms. The molecular weight excluding hydrogens is 450 g/mol. The standard InChI is InChI=1S/C20H29N7O7/c1-4-7-26-11-14(24-17(22)25-15(11)28)27(19(26)30)16-13-12(33-20(2,3)34-13)10(32-16)9-23-18(29)31-8-5-6-21/h4,10,12-13,16H,1,5-9,21H2,2-3H3,(H,23,29)(H3,22,24,25,28)/t10-,12-,13-,16-/m0/s1. The first kappa shape index (κ1) is 23.9. The van der Waals surface area contributed by atoms with Crippen molar-refractivity contribution < 1.29 is 23.7 Å². The van der Waals surface area contributed by atoms with Crippen LogP contribution < -0.4 is 28.0 Å². The summed E-state index contributed by atoms with van der Waals surface area (Å²) >= 11 is 0. The Morgan fingerprint density at radius 3 is 2.79 bits per heavy atom. The van der Waals surface area contributed by atoms with E-state index in [2.05, 4.69) is 21.9 Å². The number of nitrogens with zero attached hydrogens (tertiary/aromatic N) is 3. The molecule has 0 unspecified atom stereocenters. The number of imidazole rings is 1. The minimum atomic E-state index is -0.999. The molecule has 0 aliphatic carbocycles. The predicted molar refractivity (Wildman–Crippen MR) is 120 cm³/mol. The van der Waals surface area contributed by atoms with Gasteiger partial charge in [-0.05, 0) is 26.8 Å². The minimum Gasteiger partial charge on any atom is -0.450 e. The average molecular weight is 479 g/mol. The molecule has 0 bridgehead atoms. The first-order valence-electron chi connectivity index (χ1n) is 10.9. The van der Waals surface area contributed by atoms with Crippen LogP contribution in [0.5, 0.6) is 0 Å². The van der Waals surface area contributed by atoms with Crippen LogP contribution in [0.4, 0.5) is 10.7 Å². The van der Waals surface area contributed by atoms with E-state index in [1.165, 1.54) is 15.2 Å². The number of allylic oxidation sites excluding steroid dienone is 1. The molecule has 2 aliphatic heterocycles. The van der Waals surface area contributed by atoms with E-state index in [1.54, 1.807) is 13.8 Å². The van der Waals surface area contributed by atoms with E-state index in [9.17, 15) is 14.4 Å². The maximum atomic E-state index is 13.4. The number of nitrogens with one attached hydrogen (secondary N) is 2. The van der Waals surface area contributed by atoms with Crippen molar-refractivity contribution in [3.63, 3.8) is 0 Å². The van der Waals surface area contributed by atoms with Crippen LogP contribution in [0.2, 0.25) is 0 Å². The van der Waals surface area contributed by atoms with Crippen molar-refractivity contribution in [1.82, 2.24) is 24.4 Å². The molecular formula is C20H29N7O7. The van der Waals surface area contributed by atoms with Gasteiger partial charge in [-0.3, -0.25) is 14.3 Å². The van der Waals surface area contributed by atoms with Crippen LogP contribution in [0, 0.1) is 0 Å². The van der Waals surface area contributed by atoms with Gasteiger partial charge < -0.3 is 35.7 Å². The maximum Gasteiger partial charge on any atom is 0.407 e. The van der Waals surface area contributed by atoms with E-state index < -0.39 is 47.7 Å². The number of carbonyl (C=O) groups is 1. The minimum absolute atomic E-state index is 0.0301. The van der Waals surface area contributed by atoms with Crippen molar-refractivity contribution in [3.8, 4) is 0 Å². The van der Waals surface area contributed by atoms with Crippen LogP contribution >= 0.6 is 0 Å². The molecule has 4 atom stereocenters. The van der Waals surface area contributed by atoms with Crippen LogP contribution in [-0.2, 0) is 25.5 Å². The molecule has 186 valence electrons. The summed E-state index contributed by atoms with van der Waals surface area (Å²) < 4.78 is 25.7. The highest BCUT2D eigenvalue weighted by Crippen LogP contribution is 2.43. The van der Waals surface area contributed by atoms with Crippen LogP contribution in [0.1, 0.15) is 26.5 Å². The fourth-order valence-electron chi connectivity index (χ4n) is 4.24. The van der Waals surface area contributed by atoms with Gasteiger partial charge in [0.05, 0.1) is 6.61 Å². The second-order valence-corrected chi connectivity index (χ2v) is 8.46. The SMILES string of the molecule is C=CCn1c(=O)n([C@H]2O[C@@H](CNC(=O)OCCCN)[C@@H]3OC(C)(C)O[C@@H]32)c2nc(N)[nH]c(=O)c21. The van der Waals surface area contributed by atoms with E-state index >= 15 is 0 Å². The first-order valence-corrected chi connectivity index (χ1v) is 10.9. The number of anilines is 1. The molecule has 4 rings (SSSR count). The van der Waals surface area contributed by atoms with Crippen LogP contribution in [0.15, 0.2) is 22.2 Å². The maximum absolute atomic E-state index is 13.4. The zero-order valence-corrected chi connectivity index (χ0v) is 19.0. The van der Waals surface area contributed by atoms with E-state index in [0.29, 0.717) is 13.0 Å². The van der Waals surface area contributed by atoms with Crippen LogP contribution in [-0.4, -0.2) is 69.0 Å². The lowest BCUT2D eigenvalue weighted by molar-refractivity contribution is -0.195. The van der Waals surface area contributed by atoms with Crippen LogP contribution in [0.25, 0.3) is 11.2 Å². The van der Waals surface area contributed by atoms with Gasteiger partial charge in [-0.1, -0.05) is 6.08 Å². The molecule has 2 aromatic heterocycles. The van der Waals surface area contributed by atoms with E-state index in [0.717, 1.165) is 0 Å². The Labute approximate surface area is 193 Å². The number of hydrogen-bond donors (Lipinski definition) is 4. The van der Waals surface area contributed by atoms with Crippen molar-refractivity contribution in [2.24, 2.45) is 5.73 Å². The lowest BCUT2D eigenvalue weighted by atomic mass is 10.1. The molecule has 0 radical (unpaired) electrons. The molecule has 2 aromatic rings. The number of rotatable bonds is 8. The second-order valence-electron chi connectivity index (χ2n) is 8.46. The highest BCUT2D eigenvalue weighted by molar-refractivity contribution is 5.72. The molecule has 1 amide bonds. The first-order chi connectivity index (χ1) is 16.2. The Morgan fingerprint density at radius 2 is 2.09 bits per heavy atom. The summed E-state index contributed by atoms with van der Waals surface area (Å²) in [4.78, 5) is 44.6. The summed E-state index contributed by atoms with van der Waals surface area (Å²) in [6, 6.07) is 0. The van der Waals surface area contributed by atoms with Gasteiger partial charge in [0, 0.05) is 13.1 Å². The van der Waals surface area contributed by atoms with Crippen molar-refractivity contribution in [3.05, 3.63) is 33.5 Å². The summed E-state index contributed by atoms with van der Waals surface area (Å²) in [6.45, 7) is 7.82. The van der Waals surface area contributed by atoms with Crippen molar-refractivity contribution in [2.75, 3.05) is 25.4 Å². The average Bonchev–Trinajstić information content (AvgIpc) is 3.34. The molecule has 14 heteroatoms. The molecule has 2 saturated heterocycles. The largest absolute Gasteiger partial charge is 0.450 e. The van der Waals surface area contributed by atoms with E-state index in [4.69, 9.17) is 30.4 Å². The number of fused-ring (bicyclic) bond motifs is 2. The quantitative estimate of drug-likeness (QED) is 0.274. The normalized spacial score (nSPS) is 25.4. The summed E-state index contributed by atoms with van der Waals surface area (Å²) in [5.41, 5.74) is 10.1. The zero-order chi connectivity index (χ0) is 24.6.